The summed E-state index contributed by atoms with van der Waals surface area (Å²) in [6.45, 7) is 0.996. The van der Waals surface area contributed by atoms with Crippen LogP contribution >= 0.6 is 23.2 Å². The Hall–Kier alpha value is -0.360. The van der Waals surface area contributed by atoms with E-state index in [9.17, 15) is 8.42 Å². The molecule has 0 radical (unpaired) electrons. The lowest BCUT2D eigenvalue weighted by Crippen LogP contribution is -2.25. The molecule has 7 heteroatoms. The second-order valence-electron chi connectivity index (χ2n) is 3.95. The molecule has 0 aromatic carbocycles. The molecule has 0 N–H and O–H groups in total. The van der Waals surface area contributed by atoms with E-state index >= 15 is 0 Å². The van der Waals surface area contributed by atoms with Crippen LogP contribution in [0.25, 0.3) is 0 Å². The second kappa shape index (κ2) is 6.00. The Bertz CT molecular complexity index is 491. The molecule has 0 unspecified atom stereocenters. The molecular weight excluding hydrogens is 283 g/mol. The van der Waals surface area contributed by atoms with E-state index < -0.39 is 9.84 Å². The number of hydrogen-bond acceptors (Lipinski definition) is 4. The smallest absolute Gasteiger partial charge is 0.148 e. The van der Waals surface area contributed by atoms with Gasteiger partial charge in [-0.05, 0) is 13.1 Å². The summed E-state index contributed by atoms with van der Waals surface area (Å²) in [5, 5.41) is 0.696. The van der Waals surface area contributed by atoms with Crippen molar-refractivity contribution < 1.29 is 8.42 Å². The third kappa shape index (κ3) is 5.68. The summed E-state index contributed by atoms with van der Waals surface area (Å²) in [5.74, 6) is 0.127. The number of sulfone groups is 1. The lowest BCUT2D eigenvalue weighted by atomic mass is 10.3. The third-order valence-corrected chi connectivity index (χ3v) is 3.64. The number of pyridine rings is 1. The molecule has 0 aliphatic rings. The highest BCUT2D eigenvalue weighted by Gasteiger charge is 2.09. The standard InChI is InChI=1S/C10H14Cl2N2O2S/c1-14(5-6-17(2,15)16)7-8-3-4-9(11)13-10(8)12/h3-4H,5-7H2,1-2H3. The fraction of sp³-hybridized carbons (Fsp3) is 0.500. The Morgan fingerprint density at radius 2 is 2.00 bits per heavy atom. The van der Waals surface area contributed by atoms with Crippen molar-refractivity contribution in [2.75, 3.05) is 25.6 Å². The van der Waals surface area contributed by atoms with E-state index in [0.717, 1.165) is 5.56 Å². The van der Waals surface area contributed by atoms with E-state index in [-0.39, 0.29) is 5.75 Å². The second-order valence-corrected chi connectivity index (χ2v) is 6.96. The van der Waals surface area contributed by atoms with Gasteiger partial charge in [0.1, 0.15) is 20.1 Å². The quantitative estimate of drug-likeness (QED) is 0.779. The van der Waals surface area contributed by atoms with Gasteiger partial charge in [-0.1, -0.05) is 29.3 Å². The van der Waals surface area contributed by atoms with E-state index in [4.69, 9.17) is 23.2 Å². The topological polar surface area (TPSA) is 50.3 Å². The van der Waals surface area contributed by atoms with E-state index in [1.807, 2.05) is 11.9 Å². The predicted molar refractivity (Wildman–Crippen MR) is 70.3 cm³/mol. The van der Waals surface area contributed by atoms with Gasteiger partial charge in [0, 0.05) is 24.9 Å². The highest BCUT2D eigenvalue weighted by Crippen LogP contribution is 2.17. The van der Waals surface area contributed by atoms with Crippen molar-refractivity contribution >= 4 is 33.0 Å². The Kier molecular flexibility index (Phi) is 5.19. The maximum atomic E-state index is 11.0. The normalized spacial score (nSPS) is 12.1. The molecule has 1 aromatic rings. The van der Waals surface area contributed by atoms with E-state index in [0.29, 0.717) is 23.4 Å². The average Bonchev–Trinajstić information content (AvgIpc) is 2.18. The highest BCUT2D eigenvalue weighted by molar-refractivity contribution is 7.90. The lowest BCUT2D eigenvalue weighted by Gasteiger charge is -2.16. The van der Waals surface area contributed by atoms with Gasteiger partial charge in [-0.2, -0.15) is 0 Å². The molecule has 0 aliphatic carbocycles. The molecule has 0 saturated heterocycles. The van der Waals surface area contributed by atoms with Gasteiger partial charge in [-0.3, -0.25) is 0 Å². The molecule has 0 aliphatic heterocycles. The molecule has 96 valence electrons. The van der Waals surface area contributed by atoms with Gasteiger partial charge in [0.15, 0.2) is 0 Å². The Labute approximate surface area is 111 Å². The zero-order chi connectivity index (χ0) is 13.1. The van der Waals surface area contributed by atoms with Crippen molar-refractivity contribution in [1.29, 1.82) is 0 Å². The first kappa shape index (κ1) is 14.7. The fourth-order valence-corrected chi connectivity index (χ4v) is 2.30. The van der Waals surface area contributed by atoms with E-state index in [2.05, 4.69) is 4.98 Å². The molecular formula is C10H14Cl2N2O2S. The van der Waals surface area contributed by atoms with Crippen LogP contribution in [0, 0.1) is 0 Å². The molecule has 0 amide bonds. The summed E-state index contributed by atoms with van der Waals surface area (Å²) in [6, 6.07) is 3.45. The van der Waals surface area contributed by atoms with Crippen molar-refractivity contribution in [3.05, 3.63) is 28.0 Å². The van der Waals surface area contributed by atoms with Crippen LogP contribution in [0.4, 0.5) is 0 Å². The molecule has 1 aromatic heterocycles. The number of hydrogen-bond donors (Lipinski definition) is 0. The summed E-state index contributed by atoms with van der Waals surface area (Å²) in [6.07, 6.45) is 1.22. The van der Waals surface area contributed by atoms with Crippen molar-refractivity contribution in [2.24, 2.45) is 0 Å². The largest absolute Gasteiger partial charge is 0.301 e. The van der Waals surface area contributed by atoms with Crippen molar-refractivity contribution in [1.82, 2.24) is 9.88 Å². The van der Waals surface area contributed by atoms with Crippen LogP contribution in [0.1, 0.15) is 5.56 Å². The van der Waals surface area contributed by atoms with Crippen molar-refractivity contribution in [3.63, 3.8) is 0 Å². The summed E-state index contributed by atoms with van der Waals surface area (Å²) in [5.41, 5.74) is 0.826. The van der Waals surface area contributed by atoms with Crippen LogP contribution in [0.15, 0.2) is 12.1 Å². The number of aromatic nitrogens is 1. The maximum Gasteiger partial charge on any atom is 0.148 e. The minimum absolute atomic E-state index is 0.127. The summed E-state index contributed by atoms with van der Waals surface area (Å²) >= 11 is 11.6. The first-order valence-corrected chi connectivity index (χ1v) is 7.77. The monoisotopic (exact) mass is 296 g/mol. The van der Waals surface area contributed by atoms with Crippen LogP contribution in [0.5, 0.6) is 0 Å². The molecule has 0 bridgehead atoms. The van der Waals surface area contributed by atoms with Crippen LogP contribution in [-0.2, 0) is 16.4 Å². The van der Waals surface area contributed by atoms with Gasteiger partial charge in [0.05, 0.1) is 5.75 Å². The third-order valence-electron chi connectivity index (χ3n) is 2.18. The zero-order valence-corrected chi connectivity index (χ0v) is 12.0. The molecule has 1 heterocycles. The van der Waals surface area contributed by atoms with Crippen LogP contribution < -0.4 is 0 Å². The van der Waals surface area contributed by atoms with Gasteiger partial charge in [-0.15, -0.1) is 0 Å². The number of halogens is 2. The summed E-state index contributed by atoms with van der Waals surface area (Å²) in [4.78, 5) is 5.79. The van der Waals surface area contributed by atoms with Gasteiger partial charge in [-0.25, -0.2) is 13.4 Å². The van der Waals surface area contributed by atoms with Gasteiger partial charge in [0.2, 0.25) is 0 Å². The zero-order valence-electron chi connectivity index (χ0n) is 9.65. The number of nitrogens with zero attached hydrogens (tertiary/aromatic N) is 2. The summed E-state index contributed by atoms with van der Waals surface area (Å²) in [7, 11) is -1.11. The van der Waals surface area contributed by atoms with Gasteiger partial charge < -0.3 is 4.90 Å². The molecule has 4 nitrogen and oxygen atoms in total. The first-order valence-electron chi connectivity index (χ1n) is 4.95. The van der Waals surface area contributed by atoms with Crippen molar-refractivity contribution in [2.45, 2.75) is 6.54 Å². The molecule has 0 fully saturated rings. The van der Waals surface area contributed by atoms with Crippen LogP contribution in [0.2, 0.25) is 10.3 Å². The molecule has 0 saturated carbocycles. The highest BCUT2D eigenvalue weighted by atomic mass is 35.5. The molecule has 0 atom stereocenters. The van der Waals surface area contributed by atoms with Gasteiger partial charge >= 0.3 is 0 Å². The Morgan fingerprint density at radius 1 is 1.35 bits per heavy atom. The predicted octanol–water partition coefficient (Wildman–Crippen LogP) is 1.86. The molecule has 1 rings (SSSR count). The molecule has 17 heavy (non-hydrogen) atoms. The Balaban J connectivity index is 2.59. The lowest BCUT2D eigenvalue weighted by molar-refractivity contribution is 0.346. The van der Waals surface area contributed by atoms with Crippen LogP contribution in [-0.4, -0.2) is 43.9 Å². The number of rotatable bonds is 5. The first-order chi connectivity index (χ1) is 7.78. The SMILES string of the molecule is CN(CCS(C)(=O)=O)Cc1ccc(Cl)nc1Cl. The molecule has 0 spiro atoms. The summed E-state index contributed by atoms with van der Waals surface area (Å²) < 4.78 is 22.0. The Morgan fingerprint density at radius 3 is 2.53 bits per heavy atom. The minimum Gasteiger partial charge on any atom is -0.301 e. The maximum absolute atomic E-state index is 11.0. The van der Waals surface area contributed by atoms with Crippen LogP contribution in [0.3, 0.4) is 0 Å². The minimum atomic E-state index is -2.94. The van der Waals surface area contributed by atoms with Crippen molar-refractivity contribution in [3.8, 4) is 0 Å². The van der Waals surface area contributed by atoms with Gasteiger partial charge in [0.25, 0.3) is 0 Å². The fourth-order valence-electron chi connectivity index (χ4n) is 1.25. The van der Waals surface area contributed by atoms with E-state index in [1.54, 1.807) is 12.1 Å². The average molecular weight is 297 g/mol. The van der Waals surface area contributed by atoms with E-state index in [1.165, 1.54) is 6.26 Å².